The lowest BCUT2D eigenvalue weighted by atomic mass is 10.1. The first-order valence-corrected chi connectivity index (χ1v) is 12.1. The van der Waals surface area contributed by atoms with Gasteiger partial charge < -0.3 is 15.5 Å². The van der Waals surface area contributed by atoms with Crippen LogP contribution >= 0.6 is 11.6 Å². The van der Waals surface area contributed by atoms with Gasteiger partial charge in [0.1, 0.15) is 11.8 Å². The molecular weight excluding hydrogens is 524 g/mol. The minimum absolute atomic E-state index is 0.0474. The molecule has 0 aliphatic carbocycles. The van der Waals surface area contributed by atoms with E-state index in [-0.39, 0.29) is 34.0 Å². The monoisotopic (exact) mass is 546 g/mol. The molecule has 0 spiro atoms. The Morgan fingerprint density at radius 1 is 0.949 bits per heavy atom. The van der Waals surface area contributed by atoms with Gasteiger partial charge in [-0.1, -0.05) is 41.9 Å². The van der Waals surface area contributed by atoms with Crippen LogP contribution in [-0.2, 0) is 11.3 Å². The predicted molar refractivity (Wildman–Crippen MR) is 143 cm³/mol. The number of nitrogens with one attached hydrogen (secondary N) is 2. The minimum Gasteiger partial charge on any atom is -0.508 e. The summed E-state index contributed by atoms with van der Waals surface area (Å²) in [5.41, 5.74) is 3.80. The van der Waals surface area contributed by atoms with E-state index in [1.54, 1.807) is 42.5 Å². The highest BCUT2D eigenvalue weighted by molar-refractivity contribution is 6.34. The molecule has 10 nitrogen and oxygen atoms in total. The fraction of sp³-hybridized carbons (Fsp3) is 0.107. The number of hydrogen-bond donors (Lipinski definition) is 4. The highest BCUT2D eigenvalue weighted by atomic mass is 35.5. The molecule has 0 unspecified atom stereocenters. The first kappa shape index (κ1) is 27.2. The summed E-state index contributed by atoms with van der Waals surface area (Å²) in [5, 5.41) is 22.7. The number of carboxylic acids is 1. The maximum absolute atomic E-state index is 13.4. The summed E-state index contributed by atoms with van der Waals surface area (Å²) in [4.78, 5) is 55.2. The summed E-state index contributed by atoms with van der Waals surface area (Å²) in [5.74, 6) is -3.46. The number of aromatic nitrogens is 1. The number of benzene rings is 3. The zero-order valence-electron chi connectivity index (χ0n) is 20.6. The van der Waals surface area contributed by atoms with Crippen molar-refractivity contribution in [2.24, 2.45) is 0 Å². The molecule has 0 aliphatic rings. The van der Waals surface area contributed by atoms with Crippen LogP contribution in [-0.4, -0.2) is 49.9 Å². The van der Waals surface area contributed by atoms with E-state index in [9.17, 15) is 29.4 Å². The van der Waals surface area contributed by atoms with E-state index < -0.39 is 29.7 Å². The van der Waals surface area contributed by atoms with Crippen LogP contribution in [0.2, 0.25) is 5.02 Å². The number of imide groups is 1. The quantitative estimate of drug-likeness (QED) is 0.193. The Morgan fingerprint density at radius 3 is 2.44 bits per heavy atom. The molecule has 0 saturated heterocycles. The number of fused-ring (bicyclic) bond motifs is 1. The molecule has 0 aliphatic heterocycles. The van der Waals surface area contributed by atoms with Gasteiger partial charge in [0.15, 0.2) is 0 Å². The molecule has 39 heavy (non-hydrogen) atoms. The van der Waals surface area contributed by atoms with Crippen molar-refractivity contribution in [1.82, 2.24) is 20.7 Å². The molecule has 0 fully saturated rings. The van der Waals surface area contributed by atoms with Gasteiger partial charge in [-0.05, 0) is 55.0 Å². The standard InChI is InChI=1S/C28H23ClN4O6/c1-16(28(38)39)32-33(26(36)20-12-18-6-2-3-8-24(18)30-15-20)27(37)22-10-9-19(13-23(22)29)25(35)31-14-17-5-4-7-21(34)11-17/h2-13,15-16,32,34H,14H2,1H3,(H,31,35)(H,38,39)/t16-/m0/s1. The molecule has 3 amide bonds. The lowest BCUT2D eigenvalue weighted by Gasteiger charge is -2.24. The Hall–Kier alpha value is -4.80. The van der Waals surface area contributed by atoms with Crippen molar-refractivity contribution in [3.63, 3.8) is 0 Å². The Bertz CT molecular complexity index is 1590. The number of halogens is 1. The lowest BCUT2D eigenvalue weighted by Crippen LogP contribution is -2.53. The van der Waals surface area contributed by atoms with E-state index in [2.05, 4.69) is 15.7 Å². The number of phenolic OH excluding ortho intramolecular Hbond substituents is 1. The number of hydrogen-bond acceptors (Lipinski definition) is 7. The van der Waals surface area contributed by atoms with Crippen molar-refractivity contribution >= 4 is 46.2 Å². The smallest absolute Gasteiger partial charge is 0.322 e. The molecule has 1 heterocycles. The Kier molecular flexibility index (Phi) is 8.18. The summed E-state index contributed by atoms with van der Waals surface area (Å²) < 4.78 is 0. The third kappa shape index (κ3) is 6.38. The summed E-state index contributed by atoms with van der Waals surface area (Å²) >= 11 is 6.35. The van der Waals surface area contributed by atoms with E-state index in [1.165, 1.54) is 43.5 Å². The largest absolute Gasteiger partial charge is 0.508 e. The molecule has 1 atom stereocenters. The highest BCUT2D eigenvalue weighted by Crippen LogP contribution is 2.22. The second-order valence-corrected chi connectivity index (χ2v) is 9.01. The average Bonchev–Trinajstić information content (AvgIpc) is 2.93. The summed E-state index contributed by atoms with van der Waals surface area (Å²) in [7, 11) is 0. The number of carbonyl (C=O) groups excluding carboxylic acids is 3. The van der Waals surface area contributed by atoms with Crippen molar-refractivity contribution in [3.8, 4) is 5.75 Å². The van der Waals surface area contributed by atoms with Crippen LogP contribution in [0, 0.1) is 0 Å². The van der Waals surface area contributed by atoms with Crippen LogP contribution in [0.4, 0.5) is 0 Å². The van der Waals surface area contributed by atoms with Crippen LogP contribution in [0.25, 0.3) is 10.9 Å². The van der Waals surface area contributed by atoms with Crippen LogP contribution in [0.1, 0.15) is 43.6 Å². The number of para-hydroxylation sites is 1. The average molecular weight is 547 g/mol. The molecule has 198 valence electrons. The van der Waals surface area contributed by atoms with Crippen molar-refractivity contribution in [1.29, 1.82) is 0 Å². The Balaban J connectivity index is 1.58. The van der Waals surface area contributed by atoms with Gasteiger partial charge in [-0.2, -0.15) is 0 Å². The van der Waals surface area contributed by atoms with Gasteiger partial charge in [0.25, 0.3) is 17.7 Å². The second-order valence-electron chi connectivity index (χ2n) is 8.60. The van der Waals surface area contributed by atoms with Gasteiger partial charge in [-0.25, -0.2) is 10.4 Å². The highest BCUT2D eigenvalue weighted by Gasteiger charge is 2.29. The fourth-order valence-electron chi connectivity index (χ4n) is 3.68. The van der Waals surface area contributed by atoms with E-state index in [0.717, 1.165) is 0 Å². The maximum atomic E-state index is 13.4. The number of hydrazine groups is 1. The number of phenols is 1. The zero-order valence-corrected chi connectivity index (χ0v) is 21.3. The second kappa shape index (κ2) is 11.7. The number of nitrogens with zero attached hydrogens (tertiary/aromatic N) is 2. The molecule has 4 rings (SSSR count). The lowest BCUT2D eigenvalue weighted by molar-refractivity contribution is -0.139. The molecule has 0 radical (unpaired) electrons. The third-order valence-corrected chi connectivity index (χ3v) is 6.07. The first-order chi connectivity index (χ1) is 18.6. The molecule has 11 heteroatoms. The molecule has 1 aromatic heterocycles. The molecule has 0 saturated carbocycles. The minimum atomic E-state index is -1.30. The van der Waals surface area contributed by atoms with Gasteiger partial charge in [0.2, 0.25) is 0 Å². The van der Waals surface area contributed by atoms with E-state index in [1.807, 2.05) is 0 Å². The molecule has 4 N–H and O–H groups in total. The van der Waals surface area contributed by atoms with Crippen LogP contribution in [0.3, 0.4) is 0 Å². The zero-order chi connectivity index (χ0) is 28.1. The molecule has 0 bridgehead atoms. The SMILES string of the molecule is C[C@H](NN(C(=O)c1cnc2ccccc2c1)C(=O)c1ccc(C(=O)NCc2cccc(O)c2)cc1Cl)C(=O)O. The summed E-state index contributed by atoms with van der Waals surface area (Å²) in [6.07, 6.45) is 1.29. The molecule has 3 aromatic carbocycles. The number of rotatable bonds is 8. The summed E-state index contributed by atoms with van der Waals surface area (Å²) in [6, 6.07) is 17.6. The first-order valence-electron chi connectivity index (χ1n) is 11.7. The number of carboxylic acid groups (broad SMARTS) is 1. The number of pyridine rings is 1. The van der Waals surface area contributed by atoms with E-state index >= 15 is 0 Å². The normalized spacial score (nSPS) is 11.5. The maximum Gasteiger partial charge on any atom is 0.322 e. The molecule has 4 aromatic rings. The Morgan fingerprint density at radius 2 is 1.72 bits per heavy atom. The van der Waals surface area contributed by atoms with Crippen molar-refractivity contribution < 1.29 is 29.4 Å². The number of amides is 3. The van der Waals surface area contributed by atoms with Gasteiger partial charge in [0, 0.05) is 23.7 Å². The predicted octanol–water partition coefficient (Wildman–Crippen LogP) is 3.78. The van der Waals surface area contributed by atoms with Gasteiger partial charge in [-0.15, -0.1) is 0 Å². The van der Waals surface area contributed by atoms with Gasteiger partial charge >= 0.3 is 5.97 Å². The van der Waals surface area contributed by atoms with Crippen molar-refractivity contribution in [3.05, 3.63) is 106 Å². The van der Waals surface area contributed by atoms with Gasteiger partial charge in [-0.3, -0.25) is 24.2 Å². The van der Waals surface area contributed by atoms with Crippen LogP contribution in [0.15, 0.2) is 79.0 Å². The number of carbonyl (C=O) groups is 4. The number of aromatic hydroxyl groups is 1. The van der Waals surface area contributed by atoms with E-state index in [0.29, 0.717) is 21.5 Å². The van der Waals surface area contributed by atoms with Crippen LogP contribution in [0.5, 0.6) is 5.75 Å². The van der Waals surface area contributed by atoms with Gasteiger partial charge in [0.05, 0.1) is 21.7 Å². The van der Waals surface area contributed by atoms with E-state index in [4.69, 9.17) is 11.6 Å². The van der Waals surface area contributed by atoms with Crippen molar-refractivity contribution in [2.45, 2.75) is 19.5 Å². The number of aliphatic carboxylic acids is 1. The molecular formula is C28H23ClN4O6. The third-order valence-electron chi connectivity index (χ3n) is 5.76. The fourth-order valence-corrected chi connectivity index (χ4v) is 3.94. The summed E-state index contributed by atoms with van der Waals surface area (Å²) in [6.45, 7) is 1.42. The Labute approximate surface area is 227 Å². The van der Waals surface area contributed by atoms with Crippen molar-refractivity contribution in [2.75, 3.05) is 0 Å². The topological polar surface area (TPSA) is 149 Å². The van der Waals surface area contributed by atoms with Crippen LogP contribution < -0.4 is 10.7 Å².